The minimum atomic E-state index is -3.51. The monoisotopic (exact) mass is 345 g/mol. The van der Waals surface area contributed by atoms with Crippen molar-refractivity contribution in [1.29, 1.82) is 0 Å². The van der Waals surface area contributed by atoms with Gasteiger partial charge in [0.15, 0.2) is 9.84 Å². The van der Waals surface area contributed by atoms with Gasteiger partial charge in [0.1, 0.15) is 0 Å². The zero-order valence-corrected chi connectivity index (χ0v) is 14.8. The SMILES string of the molecule is CCc1ccc(C2C(S(=O)(=O)c3ccccc3)C2(N)COC)cc1. The first kappa shape index (κ1) is 17.1. The van der Waals surface area contributed by atoms with Gasteiger partial charge in [-0.25, -0.2) is 8.42 Å². The molecule has 0 aromatic heterocycles. The number of ether oxygens (including phenoxy) is 1. The first-order valence-corrected chi connectivity index (χ1v) is 9.65. The molecule has 0 aliphatic heterocycles. The molecule has 2 aromatic rings. The second-order valence-corrected chi connectivity index (χ2v) is 8.47. The number of methoxy groups -OCH3 is 1. The van der Waals surface area contributed by atoms with Crippen LogP contribution in [0.4, 0.5) is 0 Å². The number of sulfone groups is 1. The third-order valence-electron chi connectivity index (χ3n) is 4.85. The fraction of sp³-hybridized carbons (Fsp3) is 0.368. The molecule has 4 nitrogen and oxygen atoms in total. The van der Waals surface area contributed by atoms with Gasteiger partial charge in [-0.05, 0) is 29.7 Å². The van der Waals surface area contributed by atoms with Crippen LogP contribution >= 0.6 is 0 Å². The standard InChI is InChI=1S/C19H23NO3S/c1-3-14-9-11-15(12-10-14)17-18(19(17,20)13-23-2)24(21,22)16-7-5-4-6-8-16/h4-12,17-18H,3,13,20H2,1-2H3. The molecule has 0 radical (unpaired) electrons. The van der Waals surface area contributed by atoms with Crippen molar-refractivity contribution in [3.63, 3.8) is 0 Å². The Bertz CT molecular complexity index is 802. The molecule has 0 saturated heterocycles. The maximum atomic E-state index is 13.1. The van der Waals surface area contributed by atoms with Crippen LogP contribution < -0.4 is 5.73 Å². The highest BCUT2D eigenvalue weighted by atomic mass is 32.2. The van der Waals surface area contributed by atoms with Crippen LogP contribution in [-0.2, 0) is 21.0 Å². The summed E-state index contributed by atoms with van der Waals surface area (Å²) in [7, 11) is -1.96. The van der Waals surface area contributed by atoms with E-state index >= 15 is 0 Å². The quantitative estimate of drug-likeness (QED) is 0.873. The summed E-state index contributed by atoms with van der Waals surface area (Å²) in [6.45, 7) is 2.30. The molecular weight excluding hydrogens is 322 g/mol. The van der Waals surface area contributed by atoms with E-state index in [9.17, 15) is 8.42 Å². The minimum Gasteiger partial charge on any atom is -0.383 e. The van der Waals surface area contributed by atoms with Crippen molar-refractivity contribution in [2.24, 2.45) is 5.73 Å². The van der Waals surface area contributed by atoms with E-state index in [1.807, 2.05) is 24.3 Å². The van der Waals surface area contributed by atoms with Crippen LogP contribution in [0.1, 0.15) is 24.0 Å². The number of hydrogen-bond donors (Lipinski definition) is 1. The van der Waals surface area contributed by atoms with Crippen molar-refractivity contribution >= 4 is 9.84 Å². The van der Waals surface area contributed by atoms with E-state index < -0.39 is 20.6 Å². The van der Waals surface area contributed by atoms with Crippen LogP contribution in [0.25, 0.3) is 0 Å². The Kier molecular flexibility index (Phi) is 4.51. The molecule has 128 valence electrons. The lowest BCUT2D eigenvalue weighted by molar-refractivity contribution is 0.171. The number of nitrogens with two attached hydrogens (primary N) is 1. The van der Waals surface area contributed by atoms with Gasteiger partial charge < -0.3 is 10.5 Å². The van der Waals surface area contributed by atoms with Gasteiger partial charge in [0.2, 0.25) is 0 Å². The van der Waals surface area contributed by atoms with Crippen LogP contribution in [-0.4, -0.2) is 32.9 Å². The van der Waals surface area contributed by atoms with Crippen LogP contribution in [0, 0.1) is 0 Å². The largest absolute Gasteiger partial charge is 0.383 e. The Morgan fingerprint density at radius 1 is 1.08 bits per heavy atom. The topological polar surface area (TPSA) is 69.4 Å². The molecule has 3 atom stereocenters. The highest BCUT2D eigenvalue weighted by Crippen LogP contribution is 2.55. The lowest BCUT2D eigenvalue weighted by atomic mass is 10.0. The van der Waals surface area contributed by atoms with E-state index in [2.05, 4.69) is 6.92 Å². The maximum Gasteiger partial charge on any atom is 0.183 e. The molecule has 3 rings (SSSR count). The van der Waals surface area contributed by atoms with Crippen molar-refractivity contribution in [2.45, 2.75) is 34.9 Å². The Labute approximate surface area is 143 Å². The lowest BCUT2D eigenvalue weighted by Gasteiger charge is -2.11. The van der Waals surface area contributed by atoms with Crippen LogP contribution in [0.15, 0.2) is 59.5 Å². The summed E-state index contributed by atoms with van der Waals surface area (Å²) in [5.74, 6) is -0.256. The van der Waals surface area contributed by atoms with Crippen molar-refractivity contribution < 1.29 is 13.2 Å². The molecule has 1 saturated carbocycles. The van der Waals surface area contributed by atoms with Crippen molar-refractivity contribution in [3.05, 3.63) is 65.7 Å². The minimum absolute atomic E-state index is 0.212. The molecule has 24 heavy (non-hydrogen) atoms. The molecule has 0 bridgehead atoms. The molecule has 3 unspecified atom stereocenters. The average molecular weight is 345 g/mol. The fourth-order valence-electron chi connectivity index (χ4n) is 3.52. The first-order valence-electron chi connectivity index (χ1n) is 8.10. The summed E-state index contributed by atoms with van der Waals surface area (Å²) in [4.78, 5) is 0.314. The third kappa shape index (κ3) is 2.77. The molecule has 1 aliphatic rings. The van der Waals surface area contributed by atoms with E-state index in [-0.39, 0.29) is 12.5 Å². The average Bonchev–Trinajstić information content (AvgIpc) is 3.22. The van der Waals surface area contributed by atoms with Crippen molar-refractivity contribution in [3.8, 4) is 0 Å². The van der Waals surface area contributed by atoms with E-state index in [1.165, 1.54) is 5.56 Å². The summed E-state index contributed by atoms with van der Waals surface area (Å²) in [6.07, 6.45) is 0.947. The van der Waals surface area contributed by atoms with Gasteiger partial charge >= 0.3 is 0 Å². The van der Waals surface area contributed by atoms with Gasteiger partial charge in [-0.2, -0.15) is 0 Å². The van der Waals surface area contributed by atoms with Crippen molar-refractivity contribution in [1.82, 2.24) is 0 Å². The van der Waals surface area contributed by atoms with Crippen molar-refractivity contribution in [2.75, 3.05) is 13.7 Å². The number of rotatable bonds is 6. The van der Waals surface area contributed by atoms with Crippen LogP contribution in [0.5, 0.6) is 0 Å². The summed E-state index contributed by atoms with van der Waals surface area (Å²) < 4.78 is 31.3. The lowest BCUT2D eigenvalue weighted by Crippen LogP contribution is -2.35. The second-order valence-electron chi connectivity index (χ2n) is 6.40. The van der Waals surface area contributed by atoms with Gasteiger partial charge in [-0.1, -0.05) is 49.4 Å². The van der Waals surface area contributed by atoms with Gasteiger partial charge in [0.25, 0.3) is 0 Å². The molecule has 1 aliphatic carbocycles. The fourth-order valence-corrected chi connectivity index (χ4v) is 5.83. The van der Waals surface area contributed by atoms with Crippen LogP contribution in [0.3, 0.4) is 0 Å². The zero-order valence-electron chi connectivity index (χ0n) is 14.0. The smallest absolute Gasteiger partial charge is 0.183 e. The Morgan fingerprint density at radius 2 is 1.71 bits per heavy atom. The predicted molar refractivity (Wildman–Crippen MR) is 94.8 cm³/mol. The Hall–Kier alpha value is -1.69. The Balaban J connectivity index is 1.99. The van der Waals surface area contributed by atoms with E-state index in [1.54, 1.807) is 37.4 Å². The van der Waals surface area contributed by atoms with E-state index in [4.69, 9.17) is 10.5 Å². The molecule has 0 spiro atoms. The number of hydrogen-bond acceptors (Lipinski definition) is 4. The Morgan fingerprint density at radius 3 is 2.25 bits per heavy atom. The summed E-state index contributed by atoms with van der Waals surface area (Å²) in [5.41, 5.74) is 7.75. The van der Waals surface area contributed by atoms with Gasteiger partial charge in [-0.15, -0.1) is 0 Å². The molecule has 0 amide bonds. The van der Waals surface area contributed by atoms with E-state index in [0.717, 1.165) is 12.0 Å². The summed E-state index contributed by atoms with van der Waals surface area (Å²) >= 11 is 0. The molecule has 2 aromatic carbocycles. The van der Waals surface area contributed by atoms with Gasteiger partial charge in [0, 0.05) is 13.0 Å². The predicted octanol–water partition coefficient (Wildman–Crippen LogP) is 2.53. The normalized spacial score (nSPS) is 26.3. The summed E-state index contributed by atoms with van der Waals surface area (Å²) in [6, 6.07) is 16.6. The maximum absolute atomic E-state index is 13.1. The first-order chi connectivity index (χ1) is 11.4. The number of benzene rings is 2. The second kappa shape index (κ2) is 6.31. The van der Waals surface area contributed by atoms with E-state index in [0.29, 0.717) is 4.90 Å². The molecular formula is C19H23NO3S. The summed E-state index contributed by atoms with van der Waals surface area (Å²) in [5, 5.41) is -0.667. The van der Waals surface area contributed by atoms with Gasteiger partial charge in [-0.3, -0.25) is 0 Å². The zero-order chi connectivity index (χ0) is 17.4. The molecule has 5 heteroatoms. The molecule has 2 N–H and O–H groups in total. The number of aryl methyl sites for hydroxylation is 1. The third-order valence-corrected chi connectivity index (χ3v) is 7.16. The van der Waals surface area contributed by atoms with Gasteiger partial charge in [0.05, 0.1) is 22.3 Å². The molecule has 1 fully saturated rings. The highest BCUT2D eigenvalue weighted by molar-refractivity contribution is 7.92. The molecule has 0 heterocycles. The van der Waals surface area contributed by atoms with Crippen LogP contribution in [0.2, 0.25) is 0 Å². The highest BCUT2D eigenvalue weighted by Gasteiger charge is 2.69.